The van der Waals surface area contributed by atoms with E-state index in [1.54, 1.807) is 0 Å². The number of carbonyl (C=O) groups is 3. The molecule has 0 spiro atoms. The van der Waals surface area contributed by atoms with Crippen molar-refractivity contribution in [2.75, 3.05) is 6.54 Å². The van der Waals surface area contributed by atoms with Gasteiger partial charge in [0, 0.05) is 6.54 Å². The molecule has 0 radical (unpaired) electrons. The lowest BCUT2D eigenvalue weighted by Crippen LogP contribution is -2.59. The van der Waals surface area contributed by atoms with E-state index in [1.165, 1.54) is 24.2 Å². The summed E-state index contributed by atoms with van der Waals surface area (Å²) in [6.07, 6.45) is 6.21. The van der Waals surface area contributed by atoms with Crippen LogP contribution >= 0.6 is 0 Å². The zero-order valence-corrected chi connectivity index (χ0v) is 11.9. The Bertz CT molecular complexity index is 448. The monoisotopic (exact) mass is 278 g/mol. The minimum absolute atomic E-state index is 0.289. The fraction of sp³-hybridized carbons (Fsp3) is 0.800. The second kappa shape index (κ2) is 5.19. The molecule has 3 aliphatic rings. The van der Waals surface area contributed by atoms with Crippen molar-refractivity contribution in [2.45, 2.75) is 45.4 Å². The molecule has 1 aliphatic heterocycles. The zero-order valence-electron chi connectivity index (χ0n) is 11.9. The average Bonchev–Trinajstić information content (AvgIpc) is 3.01. The number of hydrogen-bond acceptors (Lipinski definition) is 3. The first-order chi connectivity index (χ1) is 9.60. The summed E-state index contributed by atoms with van der Waals surface area (Å²) < 4.78 is 0. The third-order valence-electron chi connectivity index (χ3n) is 5.23. The van der Waals surface area contributed by atoms with Crippen molar-refractivity contribution in [3.63, 3.8) is 0 Å². The van der Waals surface area contributed by atoms with Crippen molar-refractivity contribution in [3.05, 3.63) is 0 Å². The third kappa shape index (κ3) is 2.23. The number of urea groups is 1. The van der Waals surface area contributed by atoms with Crippen molar-refractivity contribution in [3.8, 4) is 0 Å². The fourth-order valence-corrected chi connectivity index (χ4v) is 4.21. The van der Waals surface area contributed by atoms with E-state index >= 15 is 0 Å². The second-order valence-corrected chi connectivity index (χ2v) is 6.52. The van der Waals surface area contributed by atoms with Crippen LogP contribution in [0.1, 0.15) is 45.4 Å². The third-order valence-corrected chi connectivity index (χ3v) is 5.23. The molecule has 4 atom stereocenters. The van der Waals surface area contributed by atoms with Gasteiger partial charge in [0.1, 0.15) is 5.92 Å². The molecule has 3 fully saturated rings. The smallest absolute Gasteiger partial charge is 0.277 e. The molecular formula is C15H22N2O3. The highest BCUT2D eigenvalue weighted by atomic mass is 16.2. The number of fused-ring (bicyclic) bond motifs is 2. The van der Waals surface area contributed by atoms with E-state index < -0.39 is 17.9 Å². The average molecular weight is 278 g/mol. The highest BCUT2D eigenvalue weighted by molar-refractivity contribution is 6.16. The first-order valence-electron chi connectivity index (χ1n) is 7.76. The van der Waals surface area contributed by atoms with Crippen molar-refractivity contribution in [2.24, 2.45) is 23.7 Å². The molecule has 0 aromatic rings. The van der Waals surface area contributed by atoms with Crippen LogP contribution in [-0.4, -0.2) is 29.3 Å². The summed E-state index contributed by atoms with van der Waals surface area (Å²) in [5, 5.41) is 2.34. The second-order valence-electron chi connectivity index (χ2n) is 6.52. The quantitative estimate of drug-likeness (QED) is 0.799. The first kappa shape index (κ1) is 13.6. The Labute approximate surface area is 119 Å². The lowest BCUT2D eigenvalue weighted by atomic mass is 9.88. The van der Waals surface area contributed by atoms with Gasteiger partial charge in [-0.1, -0.05) is 19.8 Å². The van der Waals surface area contributed by atoms with Gasteiger partial charge in [0.25, 0.3) is 0 Å². The summed E-state index contributed by atoms with van der Waals surface area (Å²) in [7, 11) is 0. The first-order valence-corrected chi connectivity index (χ1v) is 7.76. The van der Waals surface area contributed by atoms with Crippen LogP contribution in [0.4, 0.5) is 4.79 Å². The Morgan fingerprint density at radius 3 is 2.60 bits per heavy atom. The summed E-state index contributed by atoms with van der Waals surface area (Å²) in [5.41, 5.74) is 0. The van der Waals surface area contributed by atoms with Gasteiger partial charge in [-0.05, 0) is 43.4 Å². The molecule has 1 N–H and O–H groups in total. The van der Waals surface area contributed by atoms with Crippen LogP contribution in [0.2, 0.25) is 0 Å². The lowest BCUT2D eigenvalue weighted by Gasteiger charge is -2.33. The highest BCUT2D eigenvalue weighted by Gasteiger charge is 2.45. The molecule has 2 saturated carbocycles. The zero-order chi connectivity index (χ0) is 14.3. The van der Waals surface area contributed by atoms with E-state index in [9.17, 15) is 14.4 Å². The van der Waals surface area contributed by atoms with Crippen LogP contribution < -0.4 is 5.32 Å². The van der Waals surface area contributed by atoms with E-state index in [2.05, 4.69) is 5.32 Å². The fourth-order valence-electron chi connectivity index (χ4n) is 4.21. The molecule has 20 heavy (non-hydrogen) atoms. The topological polar surface area (TPSA) is 66.5 Å². The summed E-state index contributed by atoms with van der Waals surface area (Å²) >= 11 is 0. The Balaban J connectivity index is 1.69. The predicted molar refractivity (Wildman–Crippen MR) is 72.6 cm³/mol. The van der Waals surface area contributed by atoms with Gasteiger partial charge >= 0.3 is 6.03 Å². The van der Waals surface area contributed by atoms with Gasteiger partial charge in [-0.15, -0.1) is 0 Å². The normalized spacial score (nSPS) is 36.6. The van der Waals surface area contributed by atoms with Crippen LogP contribution in [0.5, 0.6) is 0 Å². The molecular weight excluding hydrogens is 256 g/mol. The van der Waals surface area contributed by atoms with Crippen molar-refractivity contribution >= 4 is 17.8 Å². The number of nitrogens with one attached hydrogen (secondary N) is 1. The molecule has 5 heteroatoms. The molecule has 5 nitrogen and oxygen atoms in total. The number of hydrogen-bond donors (Lipinski definition) is 1. The maximum atomic E-state index is 12.4. The Kier molecular flexibility index (Phi) is 3.52. The van der Waals surface area contributed by atoms with Gasteiger partial charge in [0.2, 0.25) is 11.8 Å². The van der Waals surface area contributed by atoms with Gasteiger partial charge in [-0.3, -0.25) is 19.8 Å². The van der Waals surface area contributed by atoms with Gasteiger partial charge in [-0.2, -0.15) is 0 Å². The highest BCUT2D eigenvalue weighted by Crippen LogP contribution is 2.48. The summed E-state index contributed by atoms with van der Waals surface area (Å²) in [6, 6.07) is -0.518. The van der Waals surface area contributed by atoms with Crippen LogP contribution in [0, 0.1) is 23.7 Å². The maximum Gasteiger partial charge on any atom is 0.330 e. The standard InChI is InChI=1S/C15H22N2O3/c1-2-3-12-13(18)16-15(20)17(14(12)19)8-11-7-9-4-5-10(11)6-9/h9-12H,2-8H2,1H3,(H,16,18,20). The number of imide groups is 2. The van der Waals surface area contributed by atoms with E-state index in [0.29, 0.717) is 24.8 Å². The van der Waals surface area contributed by atoms with Crippen molar-refractivity contribution in [1.82, 2.24) is 10.2 Å². The van der Waals surface area contributed by atoms with Crippen LogP contribution in [0.15, 0.2) is 0 Å². The van der Waals surface area contributed by atoms with Gasteiger partial charge < -0.3 is 0 Å². The largest absolute Gasteiger partial charge is 0.330 e. The number of nitrogens with zero attached hydrogens (tertiary/aromatic N) is 1. The van der Waals surface area contributed by atoms with Crippen LogP contribution in [0.25, 0.3) is 0 Å². The van der Waals surface area contributed by atoms with E-state index in [0.717, 1.165) is 18.8 Å². The number of rotatable bonds is 4. The van der Waals surface area contributed by atoms with Gasteiger partial charge in [0.05, 0.1) is 0 Å². The Morgan fingerprint density at radius 1 is 1.20 bits per heavy atom. The van der Waals surface area contributed by atoms with E-state index in [4.69, 9.17) is 0 Å². The summed E-state index contributed by atoms with van der Waals surface area (Å²) in [5.74, 6) is 0.522. The molecule has 4 amide bonds. The molecule has 4 unspecified atom stereocenters. The number of barbiturate groups is 1. The Morgan fingerprint density at radius 2 is 2.00 bits per heavy atom. The predicted octanol–water partition coefficient (Wildman–Crippen LogP) is 1.92. The SMILES string of the molecule is CCCC1C(=O)NC(=O)N(CC2CC3CCC2C3)C1=O. The molecule has 0 aromatic heterocycles. The van der Waals surface area contributed by atoms with Crippen molar-refractivity contribution < 1.29 is 14.4 Å². The van der Waals surface area contributed by atoms with Crippen molar-refractivity contribution in [1.29, 1.82) is 0 Å². The number of carbonyl (C=O) groups excluding carboxylic acids is 3. The maximum absolute atomic E-state index is 12.4. The summed E-state index contributed by atoms with van der Waals surface area (Å²) in [6.45, 7) is 2.44. The van der Waals surface area contributed by atoms with Gasteiger partial charge in [-0.25, -0.2) is 4.79 Å². The van der Waals surface area contributed by atoms with Gasteiger partial charge in [0.15, 0.2) is 0 Å². The molecule has 110 valence electrons. The molecule has 2 aliphatic carbocycles. The number of amides is 4. The molecule has 2 bridgehead atoms. The van der Waals surface area contributed by atoms with Crippen LogP contribution in [-0.2, 0) is 9.59 Å². The van der Waals surface area contributed by atoms with E-state index in [-0.39, 0.29) is 5.91 Å². The summed E-state index contributed by atoms with van der Waals surface area (Å²) in [4.78, 5) is 37.3. The Hall–Kier alpha value is -1.39. The molecule has 3 rings (SSSR count). The minimum atomic E-state index is -0.670. The molecule has 1 saturated heterocycles. The molecule has 1 heterocycles. The minimum Gasteiger partial charge on any atom is -0.277 e. The lowest BCUT2D eigenvalue weighted by molar-refractivity contribution is -0.143. The van der Waals surface area contributed by atoms with Crippen LogP contribution in [0.3, 0.4) is 0 Å². The van der Waals surface area contributed by atoms with E-state index in [1.807, 2.05) is 6.92 Å². The molecule has 0 aromatic carbocycles.